The van der Waals surface area contributed by atoms with Crippen LogP contribution in [0.2, 0.25) is 0 Å². The van der Waals surface area contributed by atoms with Crippen molar-refractivity contribution in [1.29, 1.82) is 0 Å². The molecule has 1 aliphatic heterocycles. The molecule has 9 heteroatoms. The van der Waals surface area contributed by atoms with Crippen LogP contribution < -0.4 is 0 Å². The van der Waals surface area contributed by atoms with E-state index in [9.17, 15) is 30.0 Å². The summed E-state index contributed by atoms with van der Waals surface area (Å²) in [5.74, 6) is -2.41. The maximum Gasteiger partial charge on any atom is 0.309 e. The van der Waals surface area contributed by atoms with Gasteiger partial charge in [-0.3, -0.25) is 9.59 Å². The number of esters is 1. The van der Waals surface area contributed by atoms with Crippen LogP contribution in [0.3, 0.4) is 0 Å². The molecular weight excluding hydrogens is 482 g/mol. The lowest BCUT2D eigenvalue weighted by Gasteiger charge is -2.35. The van der Waals surface area contributed by atoms with Gasteiger partial charge in [0.25, 0.3) is 0 Å². The third kappa shape index (κ3) is 7.55. The van der Waals surface area contributed by atoms with Gasteiger partial charge in [0.15, 0.2) is 0 Å². The second kappa shape index (κ2) is 12.6. The Labute approximate surface area is 217 Å². The molecule has 1 aliphatic rings. The largest absolute Gasteiger partial charge is 0.457 e. The van der Waals surface area contributed by atoms with Gasteiger partial charge in [0.05, 0.1) is 40.8 Å². The molecular formula is C27H41NO7S. The van der Waals surface area contributed by atoms with E-state index < -0.39 is 59.5 Å². The Hall–Kier alpha value is -1.91. The van der Waals surface area contributed by atoms with Crippen LogP contribution in [0, 0.1) is 24.2 Å². The second-order valence-corrected chi connectivity index (χ2v) is 11.7. The van der Waals surface area contributed by atoms with E-state index in [0.717, 1.165) is 16.3 Å². The maximum absolute atomic E-state index is 13.2. The number of aliphatic hydroxyl groups is 4. The van der Waals surface area contributed by atoms with Crippen molar-refractivity contribution in [3.63, 3.8) is 0 Å². The number of cyclic esters (lactones) is 1. The van der Waals surface area contributed by atoms with Gasteiger partial charge in [-0.25, -0.2) is 4.98 Å². The quantitative estimate of drug-likeness (QED) is 0.343. The van der Waals surface area contributed by atoms with E-state index in [1.54, 1.807) is 40.7 Å². The van der Waals surface area contributed by atoms with Crippen molar-refractivity contribution in [2.75, 3.05) is 0 Å². The van der Waals surface area contributed by atoms with Gasteiger partial charge in [-0.2, -0.15) is 0 Å². The molecule has 0 saturated carbocycles. The highest BCUT2D eigenvalue weighted by molar-refractivity contribution is 7.09. The van der Waals surface area contributed by atoms with Crippen molar-refractivity contribution >= 4 is 29.2 Å². The van der Waals surface area contributed by atoms with Crippen LogP contribution in [-0.4, -0.2) is 67.7 Å². The third-order valence-corrected chi connectivity index (χ3v) is 8.02. The summed E-state index contributed by atoms with van der Waals surface area (Å²) in [6.45, 7) is 11.7. The lowest BCUT2D eigenvalue weighted by Crippen LogP contribution is -2.46. The molecule has 0 saturated heterocycles. The van der Waals surface area contributed by atoms with Crippen LogP contribution in [0.5, 0.6) is 0 Å². The fourth-order valence-corrected chi connectivity index (χ4v) is 5.05. The zero-order valence-electron chi connectivity index (χ0n) is 22.3. The van der Waals surface area contributed by atoms with Gasteiger partial charge in [-0.15, -0.1) is 11.3 Å². The molecule has 8 nitrogen and oxygen atoms in total. The molecule has 202 valence electrons. The molecule has 1 aromatic heterocycles. The zero-order valence-corrected chi connectivity index (χ0v) is 23.1. The number of Topliss-reactive ketones (excluding diaryl/α,β-unsaturated/α-hetero) is 1. The molecule has 4 N–H and O–H groups in total. The van der Waals surface area contributed by atoms with Gasteiger partial charge in [0.2, 0.25) is 0 Å². The number of carbonyl (C=O) groups is 2. The van der Waals surface area contributed by atoms with E-state index >= 15 is 0 Å². The van der Waals surface area contributed by atoms with Gasteiger partial charge in [-0.1, -0.05) is 33.8 Å². The second-order valence-electron chi connectivity index (χ2n) is 10.7. The Morgan fingerprint density at radius 2 is 1.81 bits per heavy atom. The summed E-state index contributed by atoms with van der Waals surface area (Å²) in [4.78, 5) is 30.5. The number of nitrogens with zero attached hydrogens (tertiary/aromatic N) is 1. The summed E-state index contributed by atoms with van der Waals surface area (Å²) in [5, 5.41) is 45.7. The minimum Gasteiger partial charge on any atom is -0.457 e. The number of hydrogen-bond acceptors (Lipinski definition) is 9. The number of aliphatic hydroxyl groups excluding tert-OH is 4. The van der Waals surface area contributed by atoms with E-state index in [-0.39, 0.29) is 19.3 Å². The molecule has 0 aromatic carbocycles. The smallest absolute Gasteiger partial charge is 0.309 e. The van der Waals surface area contributed by atoms with Crippen molar-refractivity contribution in [1.82, 2.24) is 4.98 Å². The van der Waals surface area contributed by atoms with Crippen molar-refractivity contribution in [3.8, 4) is 0 Å². The first-order chi connectivity index (χ1) is 16.6. The van der Waals surface area contributed by atoms with Crippen LogP contribution >= 0.6 is 11.3 Å². The standard InChI is InChI=1S/C27H41NO7S/c1-14-8-9-21(15(2)10-19-13-36-18(5)28-19)35-23(31)12-22(30)27(6,7)26(34)17(4)24(32)16(3)11-20(29)25(14)33/h8,10,13,16-17,20-22,24-25,29-30,32-33H,9,11-12H2,1-7H3/b14-8-,15-10+/t16-,17+,20+,21?,22-,24-,25+/m0/s1. The van der Waals surface area contributed by atoms with Crippen LogP contribution in [0.4, 0.5) is 0 Å². The van der Waals surface area contributed by atoms with Crippen molar-refractivity contribution in [3.05, 3.63) is 33.3 Å². The summed E-state index contributed by atoms with van der Waals surface area (Å²) in [6, 6.07) is 0. The lowest BCUT2D eigenvalue weighted by atomic mass is 9.72. The van der Waals surface area contributed by atoms with Crippen LogP contribution in [0.1, 0.15) is 71.5 Å². The first-order valence-corrected chi connectivity index (χ1v) is 13.3. The Morgan fingerprint density at radius 1 is 1.17 bits per heavy atom. The molecule has 2 rings (SSSR count). The highest BCUT2D eigenvalue weighted by Crippen LogP contribution is 2.32. The summed E-state index contributed by atoms with van der Waals surface area (Å²) in [5.41, 5.74) is 0.648. The van der Waals surface area contributed by atoms with Gasteiger partial charge < -0.3 is 25.2 Å². The van der Waals surface area contributed by atoms with Gasteiger partial charge in [-0.05, 0) is 50.3 Å². The number of ketones is 1. The SMILES string of the molecule is C/C1=C/CC(/C(C)=C/c2csc(C)n2)OC(=O)C[C@H](O)C(C)(C)C(=O)[C@H](C)[C@@H](O)[C@@H](C)C[C@@H](O)[C@@H]1O. The van der Waals surface area contributed by atoms with Gasteiger partial charge in [0.1, 0.15) is 18.0 Å². The van der Waals surface area contributed by atoms with E-state index in [2.05, 4.69) is 4.98 Å². The van der Waals surface area contributed by atoms with E-state index in [1.165, 1.54) is 11.3 Å². The lowest BCUT2D eigenvalue weighted by molar-refractivity contribution is -0.154. The topological polar surface area (TPSA) is 137 Å². The summed E-state index contributed by atoms with van der Waals surface area (Å²) in [7, 11) is 0. The normalized spacial score (nSPS) is 35.1. The van der Waals surface area contributed by atoms with Crippen molar-refractivity contribution < 1.29 is 34.8 Å². The third-order valence-electron chi connectivity index (χ3n) is 7.23. The van der Waals surface area contributed by atoms with Crippen molar-refractivity contribution in [2.24, 2.45) is 17.3 Å². The molecule has 36 heavy (non-hydrogen) atoms. The Bertz CT molecular complexity index is 983. The Balaban J connectivity index is 2.43. The molecule has 0 fully saturated rings. The summed E-state index contributed by atoms with van der Waals surface area (Å²) < 4.78 is 5.73. The fraction of sp³-hybridized carbons (Fsp3) is 0.667. The van der Waals surface area contributed by atoms with Crippen LogP contribution in [0.25, 0.3) is 6.08 Å². The highest BCUT2D eigenvalue weighted by atomic mass is 32.1. The molecule has 7 atom stereocenters. The number of aromatic nitrogens is 1. The summed E-state index contributed by atoms with van der Waals surface area (Å²) >= 11 is 1.50. The number of rotatable bonds is 2. The molecule has 0 amide bonds. The fourth-order valence-electron chi connectivity index (χ4n) is 4.48. The first-order valence-electron chi connectivity index (χ1n) is 12.4. The predicted octanol–water partition coefficient (Wildman–Crippen LogP) is 3.21. The molecule has 2 heterocycles. The minimum absolute atomic E-state index is 0.0780. The number of carbonyl (C=O) groups excluding carboxylic acids is 2. The van der Waals surface area contributed by atoms with Gasteiger partial charge >= 0.3 is 5.97 Å². The molecule has 0 aliphatic carbocycles. The minimum atomic E-state index is -1.32. The number of ether oxygens (including phenoxy) is 1. The Morgan fingerprint density at radius 3 is 2.39 bits per heavy atom. The Kier molecular flexibility index (Phi) is 10.6. The first kappa shape index (κ1) is 30.3. The highest BCUT2D eigenvalue weighted by Gasteiger charge is 2.42. The molecule has 1 aromatic rings. The molecule has 0 spiro atoms. The van der Waals surface area contributed by atoms with Crippen molar-refractivity contribution in [2.45, 2.75) is 98.2 Å². The van der Waals surface area contributed by atoms with Gasteiger partial charge in [0, 0.05) is 17.7 Å². The van der Waals surface area contributed by atoms with Crippen LogP contribution in [-0.2, 0) is 14.3 Å². The van der Waals surface area contributed by atoms with E-state index in [1.807, 2.05) is 25.3 Å². The zero-order chi connectivity index (χ0) is 27.4. The molecule has 0 radical (unpaired) electrons. The monoisotopic (exact) mass is 523 g/mol. The maximum atomic E-state index is 13.2. The predicted molar refractivity (Wildman–Crippen MR) is 139 cm³/mol. The number of thiazole rings is 1. The average Bonchev–Trinajstić information content (AvgIpc) is 3.22. The van der Waals surface area contributed by atoms with Crippen LogP contribution in [0.15, 0.2) is 22.6 Å². The van der Waals surface area contributed by atoms with E-state index in [0.29, 0.717) is 5.57 Å². The number of aryl methyl sites for hydroxylation is 1. The molecule has 0 bridgehead atoms. The average molecular weight is 524 g/mol. The number of hydrogen-bond donors (Lipinski definition) is 4. The molecule has 1 unspecified atom stereocenters. The van der Waals surface area contributed by atoms with E-state index in [4.69, 9.17) is 4.74 Å². The summed E-state index contributed by atoms with van der Waals surface area (Å²) in [6.07, 6.45) is -1.98.